The third kappa shape index (κ3) is 3.85. The van der Waals surface area contributed by atoms with Crippen LogP contribution in [0, 0.1) is 5.92 Å². The van der Waals surface area contributed by atoms with Gasteiger partial charge in [-0.3, -0.25) is 14.4 Å². The van der Waals surface area contributed by atoms with E-state index in [-0.39, 0.29) is 36.7 Å². The molecule has 1 fully saturated rings. The van der Waals surface area contributed by atoms with E-state index in [4.69, 9.17) is 0 Å². The molecule has 3 amide bonds. The quantitative estimate of drug-likeness (QED) is 0.861. The molecule has 1 aliphatic heterocycles. The first-order valence-corrected chi connectivity index (χ1v) is 8.81. The van der Waals surface area contributed by atoms with Crippen LogP contribution >= 0.6 is 0 Å². The van der Waals surface area contributed by atoms with Gasteiger partial charge in [0.05, 0.1) is 18.2 Å². The summed E-state index contributed by atoms with van der Waals surface area (Å²) in [5, 5.41) is 7.39. The van der Waals surface area contributed by atoms with Crippen LogP contribution in [0.15, 0.2) is 42.5 Å². The Bertz CT molecular complexity index is 842. The number of carbonyl (C=O) groups is 3. The molecule has 1 unspecified atom stereocenters. The van der Waals surface area contributed by atoms with E-state index in [1.807, 2.05) is 56.3 Å². The van der Waals surface area contributed by atoms with Gasteiger partial charge in [-0.15, -0.1) is 0 Å². The van der Waals surface area contributed by atoms with Crippen LogP contribution in [0.1, 0.15) is 20.3 Å². The van der Waals surface area contributed by atoms with Gasteiger partial charge in [-0.1, -0.05) is 36.4 Å². The molecule has 1 heterocycles. The van der Waals surface area contributed by atoms with E-state index in [1.54, 1.807) is 4.90 Å². The number of amides is 3. The van der Waals surface area contributed by atoms with Gasteiger partial charge in [0.25, 0.3) is 0 Å². The van der Waals surface area contributed by atoms with Gasteiger partial charge in [0.2, 0.25) is 17.7 Å². The Kier molecular flexibility index (Phi) is 5.21. The van der Waals surface area contributed by atoms with E-state index in [9.17, 15) is 14.4 Å². The zero-order valence-corrected chi connectivity index (χ0v) is 15.0. The molecule has 1 aliphatic rings. The van der Waals surface area contributed by atoms with Crippen molar-refractivity contribution in [2.75, 3.05) is 18.0 Å². The average molecular weight is 353 g/mol. The molecule has 1 atom stereocenters. The number of nitrogens with zero attached hydrogens (tertiary/aromatic N) is 1. The summed E-state index contributed by atoms with van der Waals surface area (Å²) in [5.41, 5.74) is 0.820. The Morgan fingerprint density at radius 3 is 2.65 bits per heavy atom. The van der Waals surface area contributed by atoms with E-state index < -0.39 is 5.92 Å². The lowest BCUT2D eigenvalue weighted by Gasteiger charge is -2.19. The molecule has 2 aromatic rings. The molecule has 0 radical (unpaired) electrons. The van der Waals surface area contributed by atoms with Crippen molar-refractivity contribution in [1.82, 2.24) is 10.6 Å². The summed E-state index contributed by atoms with van der Waals surface area (Å²) in [5.74, 6) is -1.02. The molecule has 1 saturated heterocycles. The predicted molar refractivity (Wildman–Crippen MR) is 101 cm³/mol. The number of nitrogens with one attached hydrogen (secondary N) is 2. The minimum Gasteiger partial charge on any atom is -0.352 e. The van der Waals surface area contributed by atoms with Gasteiger partial charge in [0, 0.05) is 24.4 Å². The first kappa shape index (κ1) is 17.9. The number of carbonyl (C=O) groups excluding carboxylic acids is 3. The molecule has 136 valence electrons. The molecule has 0 bridgehead atoms. The van der Waals surface area contributed by atoms with Crippen LogP contribution < -0.4 is 15.5 Å². The topological polar surface area (TPSA) is 78.5 Å². The van der Waals surface area contributed by atoms with Crippen molar-refractivity contribution in [3.63, 3.8) is 0 Å². The molecule has 0 saturated carbocycles. The average Bonchev–Trinajstić information content (AvgIpc) is 3.00. The van der Waals surface area contributed by atoms with Crippen molar-refractivity contribution < 1.29 is 14.4 Å². The molecule has 26 heavy (non-hydrogen) atoms. The summed E-state index contributed by atoms with van der Waals surface area (Å²) in [7, 11) is 0. The molecule has 3 rings (SSSR count). The Morgan fingerprint density at radius 1 is 1.15 bits per heavy atom. The van der Waals surface area contributed by atoms with Gasteiger partial charge >= 0.3 is 0 Å². The molecule has 2 N–H and O–H groups in total. The van der Waals surface area contributed by atoms with Gasteiger partial charge in [-0.05, 0) is 25.3 Å². The van der Waals surface area contributed by atoms with Crippen molar-refractivity contribution in [2.24, 2.45) is 5.92 Å². The first-order chi connectivity index (χ1) is 12.5. The molecule has 0 spiro atoms. The lowest BCUT2D eigenvalue weighted by atomic mass is 10.1. The Balaban J connectivity index is 1.68. The minimum atomic E-state index is -0.451. The minimum absolute atomic E-state index is 0.0225. The fourth-order valence-electron chi connectivity index (χ4n) is 3.24. The zero-order valence-electron chi connectivity index (χ0n) is 15.0. The fraction of sp³-hybridized carbons (Fsp3) is 0.350. The fourth-order valence-corrected chi connectivity index (χ4v) is 3.24. The van der Waals surface area contributed by atoms with Gasteiger partial charge in [0.15, 0.2) is 0 Å². The second kappa shape index (κ2) is 7.56. The van der Waals surface area contributed by atoms with E-state index in [2.05, 4.69) is 10.6 Å². The SMILES string of the molecule is CC(C)NC(=O)CNC(=O)C1CC(=O)N(c2cccc3ccccc23)C1. The van der Waals surface area contributed by atoms with Crippen molar-refractivity contribution in [2.45, 2.75) is 26.3 Å². The van der Waals surface area contributed by atoms with Crippen molar-refractivity contribution in [3.05, 3.63) is 42.5 Å². The number of anilines is 1. The van der Waals surface area contributed by atoms with Crippen LogP contribution in [0.2, 0.25) is 0 Å². The normalized spacial score (nSPS) is 17.0. The lowest BCUT2D eigenvalue weighted by Crippen LogP contribution is -2.42. The maximum absolute atomic E-state index is 12.5. The highest BCUT2D eigenvalue weighted by Crippen LogP contribution is 2.31. The van der Waals surface area contributed by atoms with Gasteiger partial charge in [-0.2, -0.15) is 0 Å². The Morgan fingerprint density at radius 2 is 1.88 bits per heavy atom. The van der Waals surface area contributed by atoms with Crippen LogP contribution in [-0.2, 0) is 14.4 Å². The van der Waals surface area contributed by atoms with Crippen LogP contribution in [0.4, 0.5) is 5.69 Å². The summed E-state index contributed by atoms with van der Waals surface area (Å²) in [4.78, 5) is 38.2. The van der Waals surface area contributed by atoms with Crippen molar-refractivity contribution in [3.8, 4) is 0 Å². The van der Waals surface area contributed by atoms with Crippen LogP contribution in [0.3, 0.4) is 0 Å². The molecule has 6 heteroatoms. The van der Waals surface area contributed by atoms with Crippen LogP contribution in [0.5, 0.6) is 0 Å². The number of hydrogen-bond donors (Lipinski definition) is 2. The van der Waals surface area contributed by atoms with Crippen LogP contribution in [0.25, 0.3) is 10.8 Å². The molecule has 2 aromatic carbocycles. The monoisotopic (exact) mass is 353 g/mol. The van der Waals surface area contributed by atoms with Crippen LogP contribution in [-0.4, -0.2) is 36.9 Å². The summed E-state index contributed by atoms with van der Waals surface area (Å²) in [6.45, 7) is 3.97. The standard InChI is InChI=1S/C20H23N3O3/c1-13(2)22-18(24)11-21-20(26)15-10-19(25)23(12-15)17-9-5-7-14-6-3-4-8-16(14)17/h3-9,13,15H,10-12H2,1-2H3,(H,21,26)(H,22,24). The summed E-state index contributed by atoms with van der Waals surface area (Å²) in [6.07, 6.45) is 0.154. The van der Waals surface area contributed by atoms with E-state index in [0.29, 0.717) is 6.54 Å². The smallest absolute Gasteiger partial charge is 0.239 e. The van der Waals surface area contributed by atoms with Gasteiger partial charge in [0.1, 0.15) is 0 Å². The molecule has 6 nitrogen and oxygen atoms in total. The first-order valence-electron chi connectivity index (χ1n) is 8.81. The highest BCUT2D eigenvalue weighted by atomic mass is 16.2. The number of rotatable bonds is 5. The number of fused-ring (bicyclic) bond motifs is 1. The number of hydrogen-bond acceptors (Lipinski definition) is 3. The Hall–Kier alpha value is -2.89. The summed E-state index contributed by atoms with van der Waals surface area (Å²) in [6, 6.07) is 13.7. The van der Waals surface area contributed by atoms with E-state index in [1.165, 1.54) is 0 Å². The van der Waals surface area contributed by atoms with Gasteiger partial charge in [-0.25, -0.2) is 0 Å². The molecule has 0 aromatic heterocycles. The number of benzene rings is 2. The third-order valence-corrected chi connectivity index (χ3v) is 4.43. The lowest BCUT2D eigenvalue weighted by molar-refractivity contribution is -0.129. The van der Waals surface area contributed by atoms with E-state index >= 15 is 0 Å². The predicted octanol–water partition coefficient (Wildman–Crippen LogP) is 1.83. The van der Waals surface area contributed by atoms with E-state index in [0.717, 1.165) is 16.5 Å². The molecular weight excluding hydrogens is 330 g/mol. The second-order valence-corrected chi connectivity index (χ2v) is 6.84. The molecule has 0 aliphatic carbocycles. The zero-order chi connectivity index (χ0) is 18.7. The maximum atomic E-state index is 12.5. The highest BCUT2D eigenvalue weighted by molar-refractivity contribution is 6.07. The summed E-state index contributed by atoms with van der Waals surface area (Å²) >= 11 is 0. The second-order valence-electron chi connectivity index (χ2n) is 6.84. The summed E-state index contributed by atoms with van der Waals surface area (Å²) < 4.78 is 0. The van der Waals surface area contributed by atoms with Crippen molar-refractivity contribution >= 4 is 34.2 Å². The van der Waals surface area contributed by atoms with Gasteiger partial charge < -0.3 is 15.5 Å². The molecular formula is C20H23N3O3. The highest BCUT2D eigenvalue weighted by Gasteiger charge is 2.35. The largest absolute Gasteiger partial charge is 0.352 e. The third-order valence-electron chi connectivity index (χ3n) is 4.43. The van der Waals surface area contributed by atoms with Crippen molar-refractivity contribution in [1.29, 1.82) is 0 Å². The maximum Gasteiger partial charge on any atom is 0.239 e. The Labute approximate surface area is 152 Å².